The van der Waals surface area contributed by atoms with Crippen molar-refractivity contribution in [1.82, 2.24) is 19.9 Å². The van der Waals surface area contributed by atoms with Crippen molar-refractivity contribution in [3.05, 3.63) is 83.7 Å². The molecule has 0 bridgehead atoms. The van der Waals surface area contributed by atoms with Crippen LogP contribution >= 0.6 is 11.8 Å². The summed E-state index contributed by atoms with van der Waals surface area (Å²) in [6.45, 7) is 2.05. The van der Waals surface area contributed by atoms with Crippen LogP contribution in [0.3, 0.4) is 0 Å². The van der Waals surface area contributed by atoms with Crippen molar-refractivity contribution < 1.29 is 14.3 Å². The maximum atomic E-state index is 12.5. The zero-order valence-electron chi connectivity index (χ0n) is 19.6. The smallest absolute Gasteiger partial charge is 0.251 e. The minimum absolute atomic E-state index is 0.0616. The first kappa shape index (κ1) is 23.4. The van der Waals surface area contributed by atoms with Crippen molar-refractivity contribution in [2.45, 2.75) is 36.4 Å². The lowest BCUT2D eigenvalue weighted by Gasteiger charge is -2.11. The molecule has 1 amide bonds. The molecule has 180 valence electrons. The van der Waals surface area contributed by atoms with Crippen LogP contribution in [0, 0.1) is 0 Å². The van der Waals surface area contributed by atoms with Gasteiger partial charge in [0.25, 0.3) is 5.91 Å². The van der Waals surface area contributed by atoms with Crippen LogP contribution < -0.4 is 10.1 Å². The van der Waals surface area contributed by atoms with E-state index in [4.69, 9.17) is 14.5 Å². The van der Waals surface area contributed by atoms with Crippen LogP contribution in [0.5, 0.6) is 5.75 Å². The molecule has 35 heavy (non-hydrogen) atoms. The standard InChI is InChI=1S/C27H28N4O3S/c1-33-22-10-6-19(7-11-22)17-31-25-16-28-13-12-24(25)30-27(31)35-18-20-4-8-21(9-5-20)26(32)29-15-23-3-2-14-34-23/h4-13,16,23H,2-3,14-15,17-18H2,1H3,(H,29,32). The van der Waals surface area contributed by atoms with Gasteiger partial charge in [-0.15, -0.1) is 0 Å². The number of methoxy groups -OCH3 is 1. The molecule has 3 heterocycles. The van der Waals surface area contributed by atoms with Gasteiger partial charge in [-0.2, -0.15) is 0 Å². The molecule has 1 N–H and O–H groups in total. The fraction of sp³-hybridized carbons (Fsp3) is 0.296. The summed E-state index contributed by atoms with van der Waals surface area (Å²) in [4.78, 5) is 21.6. The van der Waals surface area contributed by atoms with Crippen LogP contribution in [-0.4, -0.2) is 46.8 Å². The van der Waals surface area contributed by atoms with Gasteiger partial charge in [-0.25, -0.2) is 4.98 Å². The first-order valence-electron chi connectivity index (χ1n) is 11.7. The van der Waals surface area contributed by atoms with Crippen molar-refractivity contribution in [2.24, 2.45) is 0 Å². The second-order valence-corrected chi connectivity index (χ2v) is 9.47. The average Bonchev–Trinajstić information content (AvgIpc) is 3.55. The first-order chi connectivity index (χ1) is 17.2. The van der Waals surface area contributed by atoms with E-state index < -0.39 is 0 Å². The highest BCUT2D eigenvalue weighted by Gasteiger charge is 2.17. The predicted octanol–water partition coefficient (Wildman–Crippen LogP) is 4.69. The molecule has 1 unspecified atom stereocenters. The Morgan fingerprint density at radius 3 is 2.69 bits per heavy atom. The molecule has 0 spiro atoms. The molecule has 2 aromatic carbocycles. The van der Waals surface area contributed by atoms with Gasteiger partial charge in [-0.05, 0) is 54.3 Å². The molecule has 0 radical (unpaired) electrons. The second kappa shape index (κ2) is 10.9. The SMILES string of the molecule is COc1ccc(Cn2c(SCc3ccc(C(=O)NCC4CCCO4)cc3)nc3ccncc32)cc1. The average molecular weight is 489 g/mol. The van der Waals surface area contributed by atoms with Crippen molar-refractivity contribution in [1.29, 1.82) is 0 Å². The predicted molar refractivity (Wildman–Crippen MR) is 137 cm³/mol. The molecule has 2 aromatic heterocycles. The first-order valence-corrected chi connectivity index (χ1v) is 12.7. The Hall–Kier alpha value is -3.36. The highest BCUT2D eigenvalue weighted by molar-refractivity contribution is 7.98. The Morgan fingerprint density at radius 2 is 1.94 bits per heavy atom. The van der Waals surface area contributed by atoms with E-state index in [0.717, 1.165) is 58.3 Å². The summed E-state index contributed by atoms with van der Waals surface area (Å²) in [7, 11) is 1.67. The van der Waals surface area contributed by atoms with Gasteiger partial charge in [0.15, 0.2) is 5.16 Å². The number of hydrogen-bond acceptors (Lipinski definition) is 6. The lowest BCUT2D eigenvalue weighted by molar-refractivity contribution is 0.0858. The van der Waals surface area contributed by atoms with E-state index in [1.165, 1.54) is 0 Å². The number of thioether (sulfide) groups is 1. The number of hydrogen-bond donors (Lipinski definition) is 1. The Labute approximate surface area is 208 Å². The summed E-state index contributed by atoms with van der Waals surface area (Å²) in [5.41, 5.74) is 4.88. The molecule has 1 atom stereocenters. The highest BCUT2D eigenvalue weighted by atomic mass is 32.2. The number of rotatable bonds is 9. The van der Waals surface area contributed by atoms with E-state index in [2.05, 4.69) is 27.0 Å². The monoisotopic (exact) mass is 488 g/mol. The van der Waals surface area contributed by atoms with Crippen LogP contribution in [0.1, 0.15) is 34.3 Å². The van der Waals surface area contributed by atoms with Crippen molar-refractivity contribution in [2.75, 3.05) is 20.3 Å². The van der Waals surface area contributed by atoms with E-state index in [1.54, 1.807) is 25.1 Å². The van der Waals surface area contributed by atoms with Crippen LogP contribution in [-0.2, 0) is 17.0 Å². The van der Waals surface area contributed by atoms with Crippen molar-refractivity contribution in [3.63, 3.8) is 0 Å². The number of amides is 1. The fourth-order valence-corrected chi connectivity index (χ4v) is 5.11. The largest absolute Gasteiger partial charge is 0.497 e. The molecular formula is C27H28N4O3S. The summed E-state index contributed by atoms with van der Waals surface area (Å²) in [6.07, 6.45) is 5.85. The number of ether oxygens (including phenoxy) is 2. The Morgan fingerprint density at radius 1 is 1.14 bits per heavy atom. The van der Waals surface area contributed by atoms with Gasteiger partial charge in [0.1, 0.15) is 5.75 Å². The van der Waals surface area contributed by atoms with Gasteiger partial charge in [-0.3, -0.25) is 9.78 Å². The molecule has 8 heteroatoms. The molecule has 1 aliphatic rings. The number of aromatic nitrogens is 3. The van der Waals surface area contributed by atoms with Crippen LogP contribution in [0.15, 0.2) is 72.1 Å². The van der Waals surface area contributed by atoms with E-state index in [9.17, 15) is 4.79 Å². The number of carbonyl (C=O) groups excluding carboxylic acids is 1. The third kappa shape index (κ3) is 5.66. The minimum atomic E-state index is -0.0616. The van der Waals surface area contributed by atoms with Gasteiger partial charge in [0, 0.05) is 30.7 Å². The third-order valence-corrected chi connectivity index (χ3v) is 7.16. The third-order valence-electron chi connectivity index (χ3n) is 6.11. The molecule has 0 saturated carbocycles. The Balaban J connectivity index is 1.26. The van der Waals surface area contributed by atoms with Crippen LogP contribution in [0.25, 0.3) is 11.0 Å². The van der Waals surface area contributed by atoms with Gasteiger partial charge in [0.05, 0.1) is 37.0 Å². The number of fused-ring (bicyclic) bond motifs is 1. The Bertz CT molecular complexity index is 1280. The quantitative estimate of drug-likeness (QED) is 0.345. The molecule has 1 saturated heterocycles. The number of imidazole rings is 1. The van der Waals surface area contributed by atoms with E-state index in [1.807, 2.05) is 48.7 Å². The van der Waals surface area contributed by atoms with Crippen molar-refractivity contribution >= 4 is 28.7 Å². The molecule has 0 aliphatic carbocycles. The molecule has 5 rings (SSSR count). The number of carbonyl (C=O) groups is 1. The summed E-state index contributed by atoms with van der Waals surface area (Å²) < 4.78 is 13.1. The molecule has 1 aliphatic heterocycles. The molecular weight excluding hydrogens is 460 g/mol. The highest BCUT2D eigenvalue weighted by Crippen LogP contribution is 2.28. The van der Waals surface area contributed by atoms with Crippen LogP contribution in [0.4, 0.5) is 0 Å². The fourth-order valence-electron chi connectivity index (χ4n) is 4.14. The minimum Gasteiger partial charge on any atom is -0.497 e. The van der Waals surface area contributed by atoms with Gasteiger partial charge >= 0.3 is 0 Å². The number of nitrogens with zero attached hydrogens (tertiary/aromatic N) is 3. The zero-order chi connectivity index (χ0) is 24.0. The molecule has 4 aromatic rings. The molecule has 1 fully saturated rings. The summed E-state index contributed by atoms with van der Waals surface area (Å²) in [5.74, 6) is 1.52. The Kier molecular flexibility index (Phi) is 7.30. The van der Waals surface area contributed by atoms with Gasteiger partial charge in [0.2, 0.25) is 0 Å². The lowest BCUT2D eigenvalue weighted by Crippen LogP contribution is -2.31. The topological polar surface area (TPSA) is 78.3 Å². The van der Waals surface area contributed by atoms with Crippen LogP contribution in [0.2, 0.25) is 0 Å². The van der Waals surface area contributed by atoms with Gasteiger partial charge in [-0.1, -0.05) is 36.0 Å². The zero-order valence-corrected chi connectivity index (χ0v) is 20.5. The number of benzene rings is 2. The summed E-state index contributed by atoms with van der Waals surface area (Å²) in [5, 5.41) is 3.91. The number of nitrogens with one attached hydrogen (secondary N) is 1. The lowest BCUT2D eigenvalue weighted by atomic mass is 10.1. The second-order valence-electron chi connectivity index (χ2n) is 8.52. The van der Waals surface area contributed by atoms with E-state index >= 15 is 0 Å². The maximum absolute atomic E-state index is 12.5. The summed E-state index contributed by atoms with van der Waals surface area (Å²) >= 11 is 1.68. The normalized spacial score (nSPS) is 15.4. The van der Waals surface area contributed by atoms with E-state index in [-0.39, 0.29) is 12.0 Å². The van der Waals surface area contributed by atoms with Gasteiger partial charge < -0.3 is 19.4 Å². The maximum Gasteiger partial charge on any atom is 0.251 e. The van der Waals surface area contributed by atoms with Crippen molar-refractivity contribution in [3.8, 4) is 5.75 Å². The molecule has 7 nitrogen and oxygen atoms in total. The number of pyridine rings is 1. The summed E-state index contributed by atoms with van der Waals surface area (Å²) in [6, 6.07) is 17.8. The van der Waals surface area contributed by atoms with E-state index in [0.29, 0.717) is 18.7 Å².